The van der Waals surface area contributed by atoms with Gasteiger partial charge in [-0.1, -0.05) is 0 Å². The average Bonchev–Trinajstić information content (AvgIpc) is 2.22. The van der Waals surface area contributed by atoms with E-state index in [1.165, 1.54) is 0 Å². The highest BCUT2D eigenvalue weighted by Gasteiger charge is 2.28. The normalized spacial score (nSPS) is 19.8. The number of nitrogen functional groups attached to an aromatic ring is 1. The van der Waals surface area contributed by atoms with Crippen molar-refractivity contribution in [2.24, 2.45) is 0 Å². The Morgan fingerprint density at radius 2 is 2.06 bits per heavy atom. The van der Waals surface area contributed by atoms with Gasteiger partial charge in [-0.05, 0) is 26.7 Å². The van der Waals surface area contributed by atoms with E-state index in [4.69, 9.17) is 5.73 Å². The molecule has 0 bridgehead atoms. The van der Waals surface area contributed by atoms with Crippen LogP contribution in [0.3, 0.4) is 0 Å². The van der Waals surface area contributed by atoms with Crippen LogP contribution in [0.4, 0.5) is 11.8 Å². The van der Waals surface area contributed by atoms with Gasteiger partial charge in [0.15, 0.2) is 0 Å². The van der Waals surface area contributed by atoms with Gasteiger partial charge in [-0.3, -0.25) is 0 Å². The van der Waals surface area contributed by atoms with Crippen LogP contribution in [0.5, 0.6) is 0 Å². The number of hydrogen-bond donors (Lipinski definition) is 2. The van der Waals surface area contributed by atoms with Crippen molar-refractivity contribution in [1.29, 1.82) is 0 Å². The summed E-state index contributed by atoms with van der Waals surface area (Å²) >= 11 is 0. The number of anilines is 2. The molecule has 5 heteroatoms. The summed E-state index contributed by atoms with van der Waals surface area (Å²) in [4.78, 5) is 10.4. The van der Waals surface area contributed by atoms with E-state index < -0.39 is 5.60 Å². The highest BCUT2D eigenvalue weighted by molar-refractivity contribution is 5.48. The van der Waals surface area contributed by atoms with E-state index in [0.29, 0.717) is 5.95 Å². The van der Waals surface area contributed by atoms with Crippen LogP contribution in [0.25, 0.3) is 0 Å². The minimum atomic E-state index is -0.539. The van der Waals surface area contributed by atoms with Crippen LogP contribution in [0, 0.1) is 6.92 Å². The molecule has 3 N–H and O–H groups in total. The largest absolute Gasteiger partial charge is 0.390 e. The maximum absolute atomic E-state index is 9.88. The molecule has 0 saturated carbocycles. The maximum Gasteiger partial charge on any atom is 0.221 e. The summed E-state index contributed by atoms with van der Waals surface area (Å²) in [6, 6.07) is 0. The quantitative estimate of drug-likeness (QED) is 0.732. The van der Waals surface area contributed by atoms with Crippen molar-refractivity contribution in [2.45, 2.75) is 32.3 Å². The van der Waals surface area contributed by atoms with Crippen molar-refractivity contribution in [2.75, 3.05) is 23.7 Å². The standard InChI is InChI=1S/C11H18N4O/c1-8-7-13-10(12)14-9(8)15-5-3-11(2,16)4-6-15/h7,16H,3-6H2,1-2H3,(H2,12,13,14). The van der Waals surface area contributed by atoms with Gasteiger partial charge in [-0.15, -0.1) is 0 Å². The van der Waals surface area contributed by atoms with Gasteiger partial charge in [-0.2, -0.15) is 4.98 Å². The van der Waals surface area contributed by atoms with E-state index >= 15 is 0 Å². The molecule has 0 atom stereocenters. The summed E-state index contributed by atoms with van der Waals surface area (Å²) < 4.78 is 0. The number of aromatic nitrogens is 2. The molecule has 1 aromatic heterocycles. The second-order valence-corrected chi connectivity index (χ2v) is 4.72. The second kappa shape index (κ2) is 3.90. The first kappa shape index (κ1) is 11.1. The summed E-state index contributed by atoms with van der Waals surface area (Å²) in [6.45, 7) is 5.47. The Labute approximate surface area is 95.3 Å². The molecule has 0 radical (unpaired) electrons. The van der Waals surface area contributed by atoms with Crippen molar-refractivity contribution in [3.8, 4) is 0 Å². The highest BCUT2D eigenvalue weighted by Crippen LogP contribution is 2.26. The van der Waals surface area contributed by atoms with Gasteiger partial charge in [0.1, 0.15) is 5.82 Å². The van der Waals surface area contributed by atoms with Gasteiger partial charge < -0.3 is 15.7 Å². The van der Waals surface area contributed by atoms with Crippen LogP contribution in [0.2, 0.25) is 0 Å². The lowest BCUT2D eigenvalue weighted by Crippen LogP contribution is -2.43. The summed E-state index contributed by atoms with van der Waals surface area (Å²) in [6.07, 6.45) is 3.26. The molecular formula is C11H18N4O. The SMILES string of the molecule is Cc1cnc(N)nc1N1CCC(C)(O)CC1. The predicted octanol–water partition coefficient (Wildman–Crippen LogP) is 0.718. The van der Waals surface area contributed by atoms with Crippen molar-refractivity contribution in [3.05, 3.63) is 11.8 Å². The molecule has 1 aromatic rings. The van der Waals surface area contributed by atoms with Crippen molar-refractivity contribution < 1.29 is 5.11 Å². The van der Waals surface area contributed by atoms with Crippen LogP contribution in [-0.2, 0) is 0 Å². The number of rotatable bonds is 1. The molecule has 16 heavy (non-hydrogen) atoms. The van der Waals surface area contributed by atoms with E-state index in [1.807, 2.05) is 13.8 Å². The summed E-state index contributed by atoms with van der Waals surface area (Å²) in [5, 5.41) is 9.88. The number of nitrogens with zero attached hydrogens (tertiary/aromatic N) is 3. The molecule has 1 saturated heterocycles. The Kier molecular flexibility index (Phi) is 2.71. The molecular weight excluding hydrogens is 204 g/mol. The fourth-order valence-electron chi connectivity index (χ4n) is 1.97. The number of piperidine rings is 1. The van der Waals surface area contributed by atoms with Crippen LogP contribution >= 0.6 is 0 Å². The monoisotopic (exact) mass is 222 g/mol. The molecule has 0 unspecified atom stereocenters. The van der Waals surface area contributed by atoms with Crippen LogP contribution in [-0.4, -0.2) is 33.8 Å². The summed E-state index contributed by atoms with van der Waals surface area (Å²) in [7, 11) is 0. The smallest absolute Gasteiger partial charge is 0.221 e. The van der Waals surface area contributed by atoms with Gasteiger partial charge in [0.2, 0.25) is 5.95 Å². The number of aryl methyl sites for hydroxylation is 1. The van der Waals surface area contributed by atoms with Gasteiger partial charge in [-0.25, -0.2) is 4.98 Å². The number of aliphatic hydroxyl groups is 1. The Morgan fingerprint density at radius 1 is 1.44 bits per heavy atom. The van der Waals surface area contributed by atoms with Crippen LogP contribution < -0.4 is 10.6 Å². The predicted molar refractivity (Wildman–Crippen MR) is 63.3 cm³/mol. The van der Waals surface area contributed by atoms with Gasteiger partial charge in [0, 0.05) is 24.8 Å². The molecule has 2 rings (SSSR count). The zero-order valence-electron chi connectivity index (χ0n) is 9.77. The topological polar surface area (TPSA) is 75.3 Å². The van der Waals surface area contributed by atoms with E-state index in [1.54, 1.807) is 6.20 Å². The second-order valence-electron chi connectivity index (χ2n) is 4.72. The summed E-state index contributed by atoms with van der Waals surface area (Å²) in [5.41, 5.74) is 6.07. The molecule has 2 heterocycles. The van der Waals surface area contributed by atoms with E-state index in [2.05, 4.69) is 14.9 Å². The zero-order chi connectivity index (χ0) is 11.8. The fraction of sp³-hybridized carbons (Fsp3) is 0.636. The third-order valence-corrected chi connectivity index (χ3v) is 3.10. The van der Waals surface area contributed by atoms with Gasteiger partial charge in [0.05, 0.1) is 5.60 Å². The first-order chi connectivity index (χ1) is 7.48. The van der Waals surface area contributed by atoms with E-state index in [-0.39, 0.29) is 0 Å². The van der Waals surface area contributed by atoms with Crippen LogP contribution in [0.1, 0.15) is 25.3 Å². The molecule has 88 valence electrons. The molecule has 1 aliphatic rings. The van der Waals surface area contributed by atoms with Crippen molar-refractivity contribution in [1.82, 2.24) is 9.97 Å². The third-order valence-electron chi connectivity index (χ3n) is 3.10. The minimum absolute atomic E-state index is 0.304. The average molecular weight is 222 g/mol. The molecule has 0 aliphatic carbocycles. The zero-order valence-corrected chi connectivity index (χ0v) is 9.77. The van der Waals surface area contributed by atoms with Crippen molar-refractivity contribution in [3.63, 3.8) is 0 Å². The lowest BCUT2D eigenvalue weighted by Gasteiger charge is -2.36. The molecule has 1 aliphatic heterocycles. The van der Waals surface area contributed by atoms with Crippen molar-refractivity contribution >= 4 is 11.8 Å². The molecule has 0 spiro atoms. The molecule has 5 nitrogen and oxygen atoms in total. The third kappa shape index (κ3) is 2.24. The molecule has 1 fully saturated rings. The van der Waals surface area contributed by atoms with Crippen LogP contribution in [0.15, 0.2) is 6.20 Å². The maximum atomic E-state index is 9.88. The lowest BCUT2D eigenvalue weighted by atomic mass is 9.94. The number of nitrogens with two attached hydrogens (primary N) is 1. The number of hydrogen-bond acceptors (Lipinski definition) is 5. The molecule has 0 amide bonds. The summed E-state index contributed by atoms with van der Waals surface area (Å²) in [5.74, 6) is 1.20. The Morgan fingerprint density at radius 3 is 2.69 bits per heavy atom. The van der Waals surface area contributed by atoms with Gasteiger partial charge in [0.25, 0.3) is 0 Å². The Hall–Kier alpha value is -1.36. The van der Waals surface area contributed by atoms with Gasteiger partial charge >= 0.3 is 0 Å². The van der Waals surface area contributed by atoms with E-state index in [0.717, 1.165) is 37.3 Å². The first-order valence-corrected chi connectivity index (χ1v) is 5.54. The Balaban J connectivity index is 2.17. The lowest BCUT2D eigenvalue weighted by molar-refractivity contribution is 0.0350. The first-order valence-electron chi connectivity index (χ1n) is 5.54. The highest BCUT2D eigenvalue weighted by atomic mass is 16.3. The fourth-order valence-corrected chi connectivity index (χ4v) is 1.97. The Bertz CT molecular complexity index is 382. The van der Waals surface area contributed by atoms with E-state index in [9.17, 15) is 5.11 Å². The molecule has 0 aromatic carbocycles. The minimum Gasteiger partial charge on any atom is -0.390 e.